The first-order chi connectivity index (χ1) is 12.2. The van der Waals surface area contributed by atoms with E-state index in [2.05, 4.69) is 0 Å². The molecule has 0 aromatic rings. The molecule has 0 fully saturated rings. The van der Waals surface area contributed by atoms with Crippen molar-refractivity contribution in [2.24, 2.45) is 0 Å². The van der Waals surface area contributed by atoms with E-state index in [4.69, 9.17) is 0 Å². The Kier molecular flexibility index (Phi) is 6.65. The molecule has 21 heteroatoms. The fourth-order valence-corrected chi connectivity index (χ4v) is 1.60. The van der Waals surface area contributed by atoms with Crippen LogP contribution in [-0.4, -0.2) is 47.8 Å². The Balaban J connectivity index is 6.69. The van der Waals surface area contributed by atoms with E-state index in [0.29, 0.717) is 0 Å². The predicted octanol–water partition coefficient (Wildman–Crippen LogP) is 4.99. The number of hydrogen-bond donors (Lipinski definition) is 0. The van der Waals surface area contributed by atoms with E-state index < -0.39 is 56.1 Å². The van der Waals surface area contributed by atoms with E-state index in [1.165, 1.54) is 0 Å². The minimum Gasteiger partial charge on any atom is -0.566 e. The van der Waals surface area contributed by atoms with Gasteiger partial charge in [0.25, 0.3) is 0 Å². The minimum absolute atomic E-state index is 1.80. The molecule has 0 N–H and O–H groups in total. The lowest BCUT2D eigenvalue weighted by Crippen LogP contribution is -2.74. The van der Waals surface area contributed by atoms with E-state index >= 15 is 0 Å². The zero-order valence-corrected chi connectivity index (χ0v) is 13.0. The van der Waals surface area contributed by atoms with Crippen LogP contribution in [0, 0.1) is 0 Å². The van der Waals surface area contributed by atoms with Gasteiger partial charge in [0, 0.05) is 0 Å². The lowest BCUT2D eigenvalue weighted by atomic mass is 9.91. The highest BCUT2D eigenvalue weighted by Gasteiger charge is 2.96. The monoisotopic (exact) mass is 498 g/mol. The zero-order valence-electron chi connectivity index (χ0n) is 12.1. The van der Waals surface area contributed by atoms with Gasteiger partial charge in [-0.05, 0) is 4.57 Å². The Bertz CT molecular complexity index is 637. The molecule has 3 nitrogen and oxygen atoms in total. The molecule has 0 aromatic carbocycles. The number of halogens is 17. The largest absolute Gasteiger partial charge is 0.566 e. The van der Waals surface area contributed by atoms with Gasteiger partial charge in [-0.15, -0.1) is 0 Å². The summed E-state index contributed by atoms with van der Waals surface area (Å²) in [5.41, 5.74) is 0. The van der Waals surface area contributed by atoms with Gasteiger partial charge in [0.2, 0.25) is 0 Å². The van der Waals surface area contributed by atoms with E-state index in [9.17, 15) is 84.1 Å². The molecule has 0 aliphatic carbocycles. The van der Waals surface area contributed by atoms with Crippen molar-refractivity contribution in [1.82, 2.24) is 0 Å². The van der Waals surface area contributed by atoms with Crippen LogP contribution in [0.25, 0.3) is 0 Å². The van der Waals surface area contributed by atoms with E-state index in [-0.39, 0.29) is 0 Å². The van der Waals surface area contributed by atoms with Gasteiger partial charge < -0.3 is 4.89 Å². The fourth-order valence-electron chi connectivity index (χ4n) is 1.30. The molecule has 1 unspecified atom stereocenters. The number of alkyl halides is 17. The summed E-state index contributed by atoms with van der Waals surface area (Å²) in [7, 11) is -5.33. The third-order valence-corrected chi connectivity index (χ3v) is 3.26. The highest BCUT2D eigenvalue weighted by atomic mass is 31.1. The second kappa shape index (κ2) is 6.93. The molecule has 0 aromatic heterocycles. The van der Waals surface area contributed by atoms with Gasteiger partial charge in [-0.3, -0.25) is 0 Å². The molecule has 0 radical (unpaired) electrons. The predicted molar refractivity (Wildman–Crippen MR) is 49.4 cm³/mol. The lowest BCUT2D eigenvalue weighted by molar-refractivity contribution is -0.472. The summed E-state index contributed by atoms with van der Waals surface area (Å²) < 4.78 is 227. The first-order valence-electron chi connectivity index (χ1n) is 5.71. The van der Waals surface area contributed by atoms with Crippen molar-refractivity contribution in [3.05, 3.63) is 0 Å². The van der Waals surface area contributed by atoms with Crippen molar-refractivity contribution in [2.75, 3.05) is 0 Å². The molecule has 1 atom stereocenters. The molecule has 0 aliphatic heterocycles. The second-order valence-corrected chi connectivity index (χ2v) is 5.41. The van der Waals surface area contributed by atoms with E-state index in [0.717, 1.165) is 0 Å². The van der Waals surface area contributed by atoms with Crippen LogP contribution in [0.15, 0.2) is 0 Å². The molecule has 0 saturated carbocycles. The molecule has 29 heavy (non-hydrogen) atoms. The highest BCUT2D eigenvalue weighted by molar-refractivity contribution is 7.30. The summed E-state index contributed by atoms with van der Waals surface area (Å²) in [6.07, 6.45) is -15.2. The van der Waals surface area contributed by atoms with Gasteiger partial charge in [-0.1, -0.05) is 4.52 Å². The van der Waals surface area contributed by atoms with Crippen molar-refractivity contribution < 1.29 is 88.6 Å². The summed E-state index contributed by atoms with van der Waals surface area (Å²) in [5.74, 6) is -51.2. The highest BCUT2D eigenvalue weighted by Crippen LogP contribution is 2.64. The molecule has 0 rings (SSSR count). The van der Waals surface area contributed by atoms with Gasteiger partial charge in [-0.25, -0.2) is 0 Å². The van der Waals surface area contributed by atoms with Crippen LogP contribution in [0.3, 0.4) is 0 Å². The maximum absolute atomic E-state index is 13.1. The summed E-state index contributed by atoms with van der Waals surface area (Å²) in [6.45, 7) is 0. The van der Waals surface area contributed by atoms with Crippen molar-refractivity contribution in [3.63, 3.8) is 0 Å². The third kappa shape index (κ3) is 3.70. The van der Waals surface area contributed by atoms with Crippen molar-refractivity contribution >= 4 is 8.25 Å². The van der Waals surface area contributed by atoms with Crippen LogP contribution < -0.4 is 4.89 Å². The smallest absolute Gasteiger partial charge is 0.495 e. The van der Waals surface area contributed by atoms with E-state index in [1.54, 1.807) is 4.52 Å². The molecule has 174 valence electrons. The topological polar surface area (TPSA) is 49.4 Å². The molecule has 0 aliphatic rings. The number of rotatable bonds is 8. The molecule has 0 saturated heterocycles. The third-order valence-electron chi connectivity index (χ3n) is 2.88. The van der Waals surface area contributed by atoms with Crippen molar-refractivity contribution in [1.29, 1.82) is 0 Å². The Morgan fingerprint density at radius 1 is 0.483 bits per heavy atom. The molecule has 0 amide bonds. The molecule has 0 heterocycles. The Labute approximate surface area is 146 Å². The van der Waals surface area contributed by atoms with Crippen molar-refractivity contribution in [3.8, 4) is 0 Å². The summed E-state index contributed by atoms with van der Waals surface area (Å²) >= 11 is 0. The molecule has 0 spiro atoms. The molecular weight excluding hydrogens is 498 g/mol. The van der Waals surface area contributed by atoms with Crippen molar-refractivity contribution in [2.45, 2.75) is 47.8 Å². The zero-order chi connectivity index (χ0) is 24.3. The number of hydrogen-bond acceptors (Lipinski definition) is 3. The first kappa shape index (κ1) is 27.8. The maximum atomic E-state index is 13.1. The van der Waals surface area contributed by atoms with Gasteiger partial charge >= 0.3 is 56.1 Å². The average molecular weight is 498 g/mol. The minimum atomic E-state index is -8.78. The summed E-state index contributed by atoms with van der Waals surface area (Å²) in [5, 5.41) is 0. The van der Waals surface area contributed by atoms with Gasteiger partial charge in [0.15, 0.2) is 0 Å². The normalized spacial score (nSPS) is 16.8. The fraction of sp³-hybridized carbons (Fsp3) is 1.00. The van der Waals surface area contributed by atoms with Crippen LogP contribution in [-0.2, 0) is 9.09 Å². The first-order valence-corrected chi connectivity index (χ1v) is 6.81. The van der Waals surface area contributed by atoms with Gasteiger partial charge in [0.1, 0.15) is 0 Å². The quantitative estimate of drug-likeness (QED) is 0.351. The Morgan fingerprint density at radius 3 is 0.966 bits per heavy atom. The van der Waals surface area contributed by atoms with Crippen LogP contribution in [0.4, 0.5) is 74.6 Å². The summed E-state index contributed by atoms with van der Waals surface area (Å²) in [6, 6.07) is 0. The van der Waals surface area contributed by atoms with Gasteiger partial charge in [0.05, 0.1) is 0 Å². The van der Waals surface area contributed by atoms with Crippen LogP contribution in [0.1, 0.15) is 0 Å². The van der Waals surface area contributed by atoms with Gasteiger partial charge in [-0.2, -0.15) is 74.6 Å². The Morgan fingerprint density at radius 2 is 0.724 bits per heavy atom. The Hall–Kier alpha value is -1.17. The van der Waals surface area contributed by atoms with Crippen LogP contribution in [0.5, 0.6) is 0 Å². The van der Waals surface area contributed by atoms with Crippen LogP contribution >= 0.6 is 8.25 Å². The molecule has 0 bridgehead atoms. The lowest BCUT2D eigenvalue weighted by Gasteiger charge is -2.41. The standard InChI is InChI=1S/C8F17O3P/c9-1(10,3(13,14)5(17,18)7(21,22)23)2(11,12)4(15,16)6(19,20)8(24,25)28-29(26)27. The second-order valence-electron chi connectivity index (χ2n) is 4.78. The molecular formula is C8F17O3P. The SMILES string of the molecule is O=[P+]([O-])OC(F)(F)C(F)(F)C(F)(F)C(F)(F)C(F)(F)C(F)(F)C(F)(F)C(F)(F)F. The summed E-state index contributed by atoms with van der Waals surface area (Å²) in [4.78, 5) is 9.71. The van der Waals surface area contributed by atoms with E-state index in [1.807, 2.05) is 0 Å². The average Bonchev–Trinajstić information content (AvgIpc) is 2.43. The maximum Gasteiger partial charge on any atom is 0.495 e. The van der Waals surface area contributed by atoms with Crippen LogP contribution in [0.2, 0.25) is 0 Å².